The van der Waals surface area contributed by atoms with Crippen LogP contribution in [-0.2, 0) is 0 Å². The quantitative estimate of drug-likeness (QED) is 0.713. The fourth-order valence-corrected chi connectivity index (χ4v) is 2.54. The van der Waals surface area contributed by atoms with Crippen LogP contribution < -0.4 is 10.1 Å². The van der Waals surface area contributed by atoms with Crippen molar-refractivity contribution in [1.82, 2.24) is 15.3 Å². The van der Waals surface area contributed by atoms with Gasteiger partial charge in [0.2, 0.25) is 0 Å². The van der Waals surface area contributed by atoms with Crippen LogP contribution in [0.2, 0.25) is 0 Å². The van der Waals surface area contributed by atoms with Crippen LogP contribution in [0.25, 0.3) is 12.2 Å². The molecule has 2 aromatic heterocycles. The van der Waals surface area contributed by atoms with E-state index in [1.54, 1.807) is 30.7 Å². The normalized spacial score (nSPS) is 13.5. The van der Waals surface area contributed by atoms with Gasteiger partial charge in [-0.2, -0.15) is 0 Å². The molecule has 4 rings (SSSR count). The van der Waals surface area contributed by atoms with Crippen LogP contribution in [0, 0.1) is 0 Å². The van der Waals surface area contributed by atoms with Crippen LogP contribution in [0.5, 0.6) is 11.5 Å². The number of amides is 1. The van der Waals surface area contributed by atoms with Crippen molar-refractivity contribution in [1.29, 1.82) is 0 Å². The van der Waals surface area contributed by atoms with E-state index in [9.17, 15) is 4.79 Å². The smallest absolute Gasteiger partial charge is 0.270 e. The molecule has 1 fully saturated rings. The first-order valence-electron chi connectivity index (χ1n) is 8.89. The van der Waals surface area contributed by atoms with Gasteiger partial charge in [-0.3, -0.25) is 14.8 Å². The highest BCUT2D eigenvalue weighted by Crippen LogP contribution is 2.23. The Kier molecular flexibility index (Phi) is 4.92. The number of hydrogen-bond donors (Lipinski definition) is 1. The Hall–Kier alpha value is -3.47. The average molecular weight is 357 g/mol. The molecule has 0 aliphatic heterocycles. The van der Waals surface area contributed by atoms with E-state index in [4.69, 9.17) is 4.74 Å². The monoisotopic (exact) mass is 357 g/mol. The molecule has 1 aliphatic carbocycles. The summed E-state index contributed by atoms with van der Waals surface area (Å²) in [6.45, 7) is 0. The third-order valence-electron chi connectivity index (χ3n) is 4.17. The second-order valence-electron chi connectivity index (χ2n) is 6.41. The number of aromatic nitrogens is 2. The van der Waals surface area contributed by atoms with E-state index < -0.39 is 0 Å². The third-order valence-corrected chi connectivity index (χ3v) is 4.17. The molecule has 0 unspecified atom stereocenters. The lowest BCUT2D eigenvalue weighted by atomic mass is 10.1. The summed E-state index contributed by atoms with van der Waals surface area (Å²) in [6.07, 6.45) is 11.3. The van der Waals surface area contributed by atoms with Crippen LogP contribution in [-0.4, -0.2) is 21.9 Å². The highest BCUT2D eigenvalue weighted by atomic mass is 16.5. The third kappa shape index (κ3) is 4.79. The van der Waals surface area contributed by atoms with Gasteiger partial charge in [0.25, 0.3) is 5.91 Å². The SMILES string of the molecule is O=C(NC1CC1)c1cc(Oc2ccc(/C=C/c3ccncc3)cc2)ccn1. The van der Waals surface area contributed by atoms with Crippen LogP contribution >= 0.6 is 0 Å². The van der Waals surface area contributed by atoms with Gasteiger partial charge in [-0.1, -0.05) is 24.3 Å². The number of benzene rings is 1. The molecule has 0 saturated heterocycles. The van der Waals surface area contributed by atoms with Gasteiger partial charge >= 0.3 is 0 Å². The summed E-state index contributed by atoms with van der Waals surface area (Å²) < 4.78 is 5.86. The Morgan fingerprint density at radius 1 is 0.926 bits per heavy atom. The molecule has 0 bridgehead atoms. The average Bonchev–Trinajstić information content (AvgIpc) is 3.52. The van der Waals surface area contributed by atoms with Crippen molar-refractivity contribution >= 4 is 18.1 Å². The first kappa shape index (κ1) is 17.0. The lowest BCUT2D eigenvalue weighted by molar-refractivity contribution is 0.0945. The standard InChI is InChI=1S/C22H19N3O2/c26-22(25-18-5-6-18)21-15-20(11-14-24-21)27-19-7-3-16(4-8-19)1-2-17-9-12-23-13-10-17/h1-4,7-15,18H,5-6H2,(H,25,26)/b2-1+. The first-order valence-corrected chi connectivity index (χ1v) is 8.89. The van der Waals surface area contributed by atoms with E-state index >= 15 is 0 Å². The summed E-state index contributed by atoms with van der Waals surface area (Å²) >= 11 is 0. The Morgan fingerprint density at radius 2 is 1.63 bits per heavy atom. The summed E-state index contributed by atoms with van der Waals surface area (Å²) in [7, 11) is 0. The molecular formula is C22H19N3O2. The molecule has 3 aromatic rings. The molecule has 1 saturated carbocycles. The van der Waals surface area contributed by atoms with E-state index in [0.717, 1.165) is 24.0 Å². The fourth-order valence-electron chi connectivity index (χ4n) is 2.54. The Labute approximate surface area is 157 Å². The lowest BCUT2D eigenvalue weighted by Gasteiger charge is -2.08. The highest BCUT2D eigenvalue weighted by molar-refractivity contribution is 5.93. The van der Waals surface area contributed by atoms with Crippen molar-refractivity contribution in [2.75, 3.05) is 0 Å². The molecule has 1 amide bonds. The van der Waals surface area contributed by atoms with E-state index in [-0.39, 0.29) is 5.91 Å². The van der Waals surface area contributed by atoms with Gasteiger partial charge in [0.15, 0.2) is 0 Å². The molecule has 1 aliphatic rings. The molecule has 5 nitrogen and oxygen atoms in total. The van der Waals surface area contributed by atoms with E-state index in [0.29, 0.717) is 23.2 Å². The zero-order valence-electron chi connectivity index (χ0n) is 14.7. The summed E-state index contributed by atoms with van der Waals surface area (Å²) in [5.74, 6) is 1.14. The number of carbonyl (C=O) groups is 1. The van der Waals surface area contributed by atoms with Crippen molar-refractivity contribution in [2.45, 2.75) is 18.9 Å². The second kappa shape index (κ2) is 7.83. The molecule has 1 aromatic carbocycles. The first-order chi connectivity index (χ1) is 13.3. The van der Waals surface area contributed by atoms with Gasteiger partial charge in [-0.25, -0.2) is 0 Å². The zero-order valence-corrected chi connectivity index (χ0v) is 14.7. The summed E-state index contributed by atoms with van der Waals surface area (Å²) in [5, 5.41) is 2.93. The van der Waals surface area contributed by atoms with E-state index in [1.165, 1.54) is 0 Å². The maximum atomic E-state index is 12.1. The van der Waals surface area contributed by atoms with Crippen LogP contribution in [0.15, 0.2) is 67.1 Å². The summed E-state index contributed by atoms with van der Waals surface area (Å²) in [4.78, 5) is 20.2. The minimum absolute atomic E-state index is 0.153. The number of carbonyl (C=O) groups excluding carboxylic acids is 1. The van der Waals surface area contributed by atoms with Crippen LogP contribution in [0.3, 0.4) is 0 Å². The van der Waals surface area contributed by atoms with Crippen molar-refractivity contribution in [2.24, 2.45) is 0 Å². The largest absolute Gasteiger partial charge is 0.457 e. The van der Waals surface area contributed by atoms with Gasteiger partial charge in [-0.15, -0.1) is 0 Å². The number of pyridine rings is 2. The molecule has 1 N–H and O–H groups in total. The van der Waals surface area contributed by atoms with E-state index in [2.05, 4.69) is 15.3 Å². The lowest BCUT2D eigenvalue weighted by Crippen LogP contribution is -2.26. The molecule has 0 radical (unpaired) electrons. The predicted octanol–water partition coefficient (Wildman–Crippen LogP) is 4.33. The molecule has 134 valence electrons. The second-order valence-corrected chi connectivity index (χ2v) is 6.41. The van der Waals surface area contributed by atoms with Crippen molar-refractivity contribution in [3.05, 3.63) is 83.9 Å². The molecule has 27 heavy (non-hydrogen) atoms. The van der Waals surface area contributed by atoms with Gasteiger partial charge in [-0.05, 0) is 54.3 Å². The van der Waals surface area contributed by atoms with Gasteiger partial charge in [0.05, 0.1) is 0 Å². The van der Waals surface area contributed by atoms with E-state index in [1.807, 2.05) is 48.6 Å². The van der Waals surface area contributed by atoms with Gasteiger partial charge in [0.1, 0.15) is 17.2 Å². The zero-order chi connectivity index (χ0) is 18.5. The minimum atomic E-state index is -0.153. The number of nitrogens with zero attached hydrogens (tertiary/aromatic N) is 2. The molecular weight excluding hydrogens is 338 g/mol. The summed E-state index contributed by atoms with van der Waals surface area (Å²) in [6, 6.07) is 15.4. The molecule has 2 heterocycles. The molecule has 0 atom stereocenters. The minimum Gasteiger partial charge on any atom is -0.457 e. The Balaban J connectivity index is 1.41. The van der Waals surface area contributed by atoms with Gasteiger partial charge < -0.3 is 10.1 Å². The maximum absolute atomic E-state index is 12.1. The topological polar surface area (TPSA) is 64.1 Å². The number of nitrogens with one attached hydrogen (secondary N) is 1. The summed E-state index contributed by atoms with van der Waals surface area (Å²) in [5.41, 5.74) is 2.54. The van der Waals surface area contributed by atoms with Gasteiger partial charge in [0, 0.05) is 30.7 Å². The number of ether oxygens (including phenoxy) is 1. The van der Waals surface area contributed by atoms with Crippen molar-refractivity contribution < 1.29 is 9.53 Å². The van der Waals surface area contributed by atoms with Crippen LogP contribution in [0.1, 0.15) is 34.5 Å². The number of hydrogen-bond acceptors (Lipinski definition) is 4. The Bertz CT molecular complexity index is 949. The highest BCUT2D eigenvalue weighted by Gasteiger charge is 2.24. The number of rotatable bonds is 6. The maximum Gasteiger partial charge on any atom is 0.270 e. The van der Waals surface area contributed by atoms with Crippen molar-refractivity contribution in [3.63, 3.8) is 0 Å². The van der Waals surface area contributed by atoms with Crippen LogP contribution in [0.4, 0.5) is 0 Å². The molecule has 5 heteroatoms. The fraction of sp³-hybridized carbons (Fsp3) is 0.136. The van der Waals surface area contributed by atoms with Crippen molar-refractivity contribution in [3.8, 4) is 11.5 Å². The predicted molar refractivity (Wildman–Crippen MR) is 104 cm³/mol. The Morgan fingerprint density at radius 3 is 2.33 bits per heavy atom. The molecule has 0 spiro atoms.